The number of methoxy groups -OCH3 is 1. The zero-order valence-corrected chi connectivity index (χ0v) is 13.5. The fourth-order valence-electron chi connectivity index (χ4n) is 2.35. The minimum atomic E-state index is -0.491. The average Bonchev–Trinajstić information content (AvgIpc) is 3.03. The van der Waals surface area contributed by atoms with E-state index in [0.717, 1.165) is 5.56 Å². The number of ether oxygens (including phenoxy) is 2. The van der Waals surface area contributed by atoms with E-state index >= 15 is 0 Å². The smallest absolute Gasteiger partial charge is 0.343 e. The number of hydrogen-bond donors (Lipinski definition) is 0. The molecule has 0 amide bonds. The van der Waals surface area contributed by atoms with E-state index in [9.17, 15) is 4.79 Å². The first-order valence-corrected chi connectivity index (χ1v) is 7.60. The second-order valence-electron chi connectivity index (χ2n) is 5.01. The molecule has 0 radical (unpaired) electrons. The zero-order chi connectivity index (χ0) is 16.9. The lowest BCUT2D eigenvalue weighted by atomic mass is 10.1. The van der Waals surface area contributed by atoms with Crippen LogP contribution in [0.3, 0.4) is 0 Å². The lowest BCUT2D eigenvalue weighted by Crippen LogP contribution is -2.07. The number of para-hydroxylation sites is 3. The van der Waals surface area contributed by atoms with Crippen molar-refractivity contribution in [2.24, 2.45) is 0 Å². The molecule has 5 heteroatoms. The Morgan fingerprint density at radius 1 is 1.17 bits per heavy atom. The van der Waals surface area contributed by atoms with Crippen LogP contribution in [0, 0.1) is 0 Å². The Morgan fingerprint density at radius 3 is 2.67 bits per heavy atom. The number of esters is 1. The van der Waals surface area contributed by atoms with Gasteiger partial charge in [0.05, 0.1) is 13.7 Å². The molecule has 5 nitrogen and oxygen atoms in total. The number of benzene rings is 2. The predicted octanol–water partition coefficient (Wildman–Crippen LogP) is 3.94. The molecule has 122 valence electrons. The third-order valence-corrected chi connectivity index (χ3v) is 3.46. The van der Waals surface area contributed by atoms with Gasteiger partial charge in [0.2, 0.25) is 5.89 Å². The lowest BCUT2D eigenvalue weighted by molar-refractivity contribution is -0.136. The third-order valence-electron chi connectivity index (χ3n) is 3.46. The highest BCUT2D eigenvalue weighted by Gasteiger charge is 2.20. The Balaban J connectivity index is 2.12. The minimum Gasteiger partial charge on any atom is -0.496 e. The van der Waals surface area contributed by atoms with Crippen LogP contribution in [0.25, 0.3) is 22.7 Å². The van der Waals surface area contributed by atoms with Crippen LogP contribution in [0.2, 0.25) is 0 Å². The molecule has 1 heterocycles. The monoisotopic (exact) mass is 323 g/mol. The summed E-state index contributed by atoms with van der Waals surface area (Å²) >= 11 is 0. The van der Waals surface area contributed by atoms with E-state index < -0.39 is 5.97 Å². The van der Waals surface area contributed by atoms with Crippen molar-refractivity contribution in [2.75, 3.05) is 13.7 Å². The highest BCUT2D eigenvalue weighted by molar-refractivity contribution is 6.20. The number of aromatic nitrogens is 1. The van der Waals surface area contributed by atoms with Gasteiger partial charge >= 0.3 is 5.97 Å². The van der Waals surface area contributed by atoms with Crippen molar-refractivity contribution >= 4 is 28.7 Å². The van der Waals surface area contributed by atoms with E-state index in [1.807, 2.05) is 42.5 Å². The summed E-state index contributed by atoms with van der Waals surface area (Å²) in [5.74, 6) is 0.380. The molecule has 0 unspecified atom stereocenters. The van der Waals surface area contributed by atoms with Crippen molar-refractivity contribution in [2.45, 2.75) is 6.92 Å². The van der Waals surface area contributed by atoms with Gasteiger partial charge in [-0.25, -0.2) is 9.78 Å². The van der Waals surface area contributed by atoms with Gasteiger partial charge in [-0.15, -0.1) is 0 Å². The summed E-state index contributed by atoms with van der Waals surface area (Å²) < 4.78 is 16.2. The van der Waals surface area contributed by atoms with Crippen molar-refractivity contribution in [3.8, 4) is 5.75 Å². The molecule has 24 heavy (non-hydrogen) atoms. The van der Waals surface area contributed by atoms with Crippen LogP contribution in [0.15, 0.2) is 52.9 Å². The zero-order valence-electron chi connectivity index (χ0n) is 13.5. The van der Waals surface area contributed by atoms with E-state index in [4.69, 9.17) is 13.9 Å². The number of nitrogens with zero attached hydrogens (tertiary/aromatic N) is 1. The molecule has 0 aliphatic rings. The van der Waals surface area contributed by atoms with Crippen molar-refractivity contribution < 1.29 is 18.7 Å². The normalized spacial score (nSPS) is 11.5. The molecule has 0 fully saturated rings. The first kappa shape index (κ1) is 15.8. The molecule has 2 aromatic carbocycles. The second kappa shape index (κ2) is 7.00. The molecule has 0 atom stereocenters. The molecule has 1 aromatic heterocycles. The Kier molecular flexibility index (Phi) is 4.61. The molecule has 0 bridgehead atoms. The molecule has 0 N–H and O–H groups in total. The fraction of sp³-hybridized carbons (Fsp3) is 0.158. The van der Waals surface area contributed by atoms with Crippen LogP contribution in [0.4, 0.5) is 0 Å². The average molecular weight is 323 g/mol. The number of rotatable bonds is 5. The summed E-state index contributed by atoms with van der Waals surface area (Å²) in [5.41, 5.74) is 2.29. The molecule has 0 saturated heterocycles. The van der Waals surface area contributed by atoms with Gasteiger partial charge in [0.15, 0.2) is 5.58 Å². The van der Waals surface area contributed by atoms with Crippen molar-refractivity contribution in [3.63, 3.8) is 0 Å². The number of oxazole rings is 1. The highest BCUT2D eigenvalue weighted by Crippen LogP contribution is 2.27. The molecule has 0 aliphatic carbocycles. The number of carbonyl (C=O) groups excluding carboxylic acids is 1. The van der Waals surface area contributed by atoms with Gasteiger partial charge < -0.3 is 13.9 Å². The molecule has 3 rings (SSSR count). The summed E-state index contributed by atoms with van der Waals surface area (Å²) in [4.78, 5) is 16.8. The number of fused-ring (bicyclic) bond motifs is 1. The highest BCUT2D eigenvalue weighted by atomic mass is 16.5. The van der Waals surface area contributed by atoms with Gasteiger partial charge in [0.25, 0.3) is 0 Å². The first-order chi connectivity index (χ1) is 11.7. The summed E-state index contributed by atoms with van der Waals surface area (Å²) in [5, 5.41) is 0. The number of hydrogen-bond acceptors (Lipinski definition) is 5. The molecule has 0 spiro atoms. The molecular weight excluding hydrogens is 306 g/mol. The second-order valence-corrected chi connectivity index (χ2v) is 5.01. The van der Waals surface area contributed by atoms with E-state index in [-0.39, 0.29) is 18.1 Å². The molecule has 0 saturated carbocycles. The maximum Gasteiger partial charge on any atom is 0.343 e. The van der Waals surface area contributed by atoms with Gasteiger partial charge in [0, 0.05) is 5.56 Å². The van der Waals surface area contributed by atoms with Crippen LogP contribution >= 0.6 is 0 Å². The van der Waals surface area contributed by atoms with Gasteiger partial charge in [-0.1, -0.05) is 30.3 Å². The lowest BCUT2D eigenvalue weighted by Gasteiger charge is -2.07. The summed E-state index contributed by atoms with van der Waals surface area (Å²) in [7, 11) is 1.58. The van der Waals surface area contributed by atoms with Crippen molar-refractivity contribution in [3.05, 3.63) is 60.0 Å². The first-order valence-electron chi connectivity index (χ1n) is 7.60. The van der Waals surface area contributed by atoms with Crippen LogP contribution in [-0.2, 0) is 9.53 Å². The molecule has 3 aromatic rings. The van der Waals surface area contributed by atoms with Gasteiger partial charge in [-0.2, -0.15) is 0 Å². The predicted molar refractivity (Wildman–Crippen MR) is 91.5 cm³/mol. The van der Waals surface area contributed by atoms with Gasteiger partial charge in [0.1, 0.15) is 16.8 Å². The Morgan fingerprint density at radius 2 is 1.92 bits per heavy atom. The third kappa shape index (κ3) is 3.15. The van der Waals surface area contributed by atoms with Gasteiger partial charge in [-0.3, -0.25) is 0 Å². The van der Waals surface area contributed by atoms with Crippen molar-refractivity contribution in [1.82, 2.24) is 4.98 Å². The van der Waals surface area contributed by atoms with E-state index in [0.29, 0.717) is 16.8 Å². The van der Waals surface area contributed by atoms with Gasteiger partial charge in [-0.05, 0) is 31.2 Å². The quantitative estimate of drug-likeness (QED) is 0.526. The summed E-state index contributed by atoms with van der Waals surface area (Å²) in [6, 6.07) is 14.7. The van der Waals surface area contributed by atoms with Crippen LogP contribution < -0.4 is 4.74 Å². The number of carbonyl (C=O) groups is 1. The Hall–Kier alpha value is -3.08. The Labute approximate surface area is 139 Å². The largest absolute Gasteiger partial charge is 0.496 e. The maximum atomic E-state index is 12.4. The van der Waals surface area contributed by atoms with Crippen LogP contribution in [0.1, 0.15) is 18.4 Å². The maximum absolute atomic E-state index is 12.4. The van der Waals surface area contributed by atoms with Crippen molar-refractivity contribution in [1.29, 1.82) is 0 Å². The SMILES string of the molecule is CCOC(=O)/C(=C\c1ccccc1OC)c1nc2ccccc2o1. The van der Waals surface area contributed by atoms with Crippen LogP contribution in [-0.4, -0.2) is 24.7 Å². The Bertz CT molecular complexity index is 862. The summed E-state index contributed by atoms with van der Waals surface area (Å²) in [6.07, 6.45) is 1.67. The standard InChI is InChI=1S/C19H17NO4/c1-3-23-19(21)14(12-13-8-4-6-10-16(13)22-2)18-20-15-9-5-7-11-17(15)24-18/h4-12H,3H2,1-2H3/b14-12-. The minimum absolute atomic E-state index is 0.223. The van der Waals surface area contributed by atoms with E-state index in [1.54, 1.807) is 26.2 Å². The van der Waals surface area contributed by atoms with E-state index in [2.05, 4.69) is 4.98 Å². The summed E-state index contributed by atoms with van der Waals surface area (Å²) in [6.45, 7) is 2.02. The van der Waals surface area contributed by atoms with Crippen LogP contribution in [0.5, 0.6) is 5.75 Å². The topological polar surface area (TPSA) is 61.6 Å². The fourth-order valence-corrected chi connectivity index (χ4v) is 2.35. The molecular formula is C19H17NO4. The van der Waals surface area contributed by atoms with E-state index in [1.165, 1.54) is 0 Å². The molecule has 0 aliphatic heterocycles.